The Morgan fingerprint density at radius 1 is 1.22 bits per heavy atom. The standard InChI is InChI=1S/C17H21N/c1-4-14(5-2)16-11-17(18-12-13(16)3)15-9-7-6-8-10-15/h6-12,14H,4-5H2,1-3H3/i3D3,14D. The fourth-order valence-electron chi connectivity index (χ4n) is 2.15. The maximum Gasteiger partial charge on any atom is 0.0705 e. The van der Waals surface area contributed by atoms with Crippen molar-refractivity contribution in [3.63, 3.8) is 0 Å². The van der Waals surface area contributed by atoms with Crippen LogP contribution in [0.25, 0.3) is 11.3 Å². The predicted molar refractivity (Wildman–Crippen MR) is 77.7 cm³/mol. The topological polar surface area (TPSA) is 12.9 Å². The van der Waals surface area contributed by atoms with Gasteiger partial charge in [-0.3, -0.25) is 4.98 Å². The van der Waals surface area contributed by atoms with Crippen molar-refractivity contribution in [2.75, 3.05) is 0 Å². The molecule has 0 saturated heterocycles. The van der Waals surface area contributed by atoms with Gasteiger partial charge in [0.2, 0.25) is 0 Å². The number of rotatable bonds is 4. The van der Waals surface area contributed by atoms with E-state index in [4.69, 9.17) is 5.48 Å². The molecule has 1 aromatic carbocycles. The Labute approximate surface area is 116 Å². The molecule has 0 atom stereocenters. The highest BCUT2D eigenvalue weighted by atomic mass is 14.7. The van der Waals surface area contributed by atoms with E-state index >= 15 is 0 Å². The van der Waals surface area contributed by atoms with E-state index in [2.05, 4.69) is 4.98 Å². The number of hydrogen-bond acceptors (Lipinski definition) is 1. The van der Waals surface area contributed by atoms with E-state index in [1.165, 1.54) is 6.20 Å². The average Bonchev–Trinajstić information content (AvgIpc) is 2.53. The highest BCUT2D eigenvalue weighted by molar-refractivity contribution is 5.60. The molecule has 0 aliphatic rings. The zero-order chi connectivity index (χ0) is 16.4. The molecule has 1 nitrogen and oxygen atoms in total. The largest absolute Gasteiger partial charge is 0.256 e. The second kappa shape index (κ2) is 5.81. The van der Waals surface area contributed by atoms with Crippen molar-refractivity contribution in [3.05, 3.63) is 53.7 Å². The summed E-state index contributed by atoms with van der Waals surface area (Å²) in [6, 6.07) is 11.4. The number of aromatic nitrogens is 1. The van der Waals surface area contributed by atoms with Crippen LogP contribution in [0.5, 0.6) is 0 Å². The molecule has 0 radical (unpaired) electrons. The summed E-state index contributed by atoms with van der Waals surface area (Å²) < 4.78 is 31.8. The van der Waals surface area contributed by atoms with Crippen molar-refractivity contribution >= 4 is 0 Å². The Morgan fingerprint density at radius 3 is 2.56 bits per heavy atom. The van der Waals surface area contributed by atoms with Gasteiger partial charge in [0.1, 0.15) is 0 Å². The summed E-state index contributed by atoms with van der Waals surface area (Å²) in [6.07, 6.45) is 2.54. The number of benzene rings is 1. The molecule has 2 rings (SSSR count). The Balaban J connectivity index is 2.66. The lowest BCUT2D eigenvalue weighted by Gasteiger charge is -2.16. The summed E-state index contributed by atoms with van der Waals surface area (Å²) in [5.74, 6) is -0.907. The molecule has 94 valence electrons. The lowest BCUT2D eigenvalue weighted by molar-refractivity contribution is 0.637. The number of nitrogens with zero attached hydrogens (tertiary/aromatic N) is 1. The number of aryl methyl sites for hydroxylation is 1. The molecule has 1 heteroatoms. The van der Waals surface area contributed by atoms with Gasteiger partial charge < -0.3 is 0 Å². The molecule has 0 unspecified atom stereocenters. The van der Waals surface area contributed by atoms with Gasteiger partial charge in [-0.1, -0.05) is 44.2 Å². The van der Waals surface area contributed by atoms with Crippen LogP contribution in [0.2, 0.25) is 0 Å². The van der Waals surface area contributed by atoms with Gasteiger partial charge in [0.05, 0.1) is 5.69 Å². The maximum absolute atomic E-state index is 8.66. The molecule has 0 spiro atoms. The van der Waals surface area contributed by atoms with Crippen LogP contribution in [-0.2, 0) is 0 Å². The highest BCUT2D eigenvalue weighted by Gasteiger charge is 2.11. The number of pyridine rings is 1. The molecule has 18 heavy (non-hydrogen) atoms. The van der Waals surface area contributed by atoms with Crippen LogP contribution in [0.4, 0.5) is 0 Å². The first-order chi connectivity index (χ1) is 10.3. The Morgan fingerprint density at radius 2 is 1.94 bits per heavy atom. The Bertz CT molecular complexity index is 631. The van der Waals surface area contributed by atoms with E-state index in [-0.39, 0.29) is 5.56 Å². The molecular formula is C17H21N. The minimum Gasteiger partial charge on any atom is -0.256 e. The van der Waals surface area contributed by atoms with E-state index in [1.54, 1.807) is 6.07 Å². The molecule has 0 saturated carbocycles. The smallest absolute Gasteiger partial charge is 0.0705 e. The molecule has 0 bridgehead atoms. The van der Waals surface area contributed by atoms with Gasteiger partial charge in [-0.2, -0.15) is 0 Å². The Hall–Kier alpha value is -1.63. The first-order valence-corrected chi connectivity index (χ1v) is 6.38. The molecule has 0 N–H and O–H groups in total. The van der Waals surface area contributed by atoms with Gasteiger partial charge in [0, 0.05) is 17.2 Å². The molecule has 1 aromatic heterocycles. The van der Waals surface area contributed by atoms with Crippen LogP contribution in [0.3, 0.4) is 0 Å². The molecule has 0 amide bonds. The predicted octanol–water partition coefficient (Wildman–Crippen LogP) is 4.96. The second-order valence-corrected chi connectivity index (χ2v) is 4.29. The van der Waals surface area contributed by atoms with Gasteiger partial charge in [-0.05, 0) is 42.8 Å². The summed E-state index contributed by atoms with van der Waals surface area (Å²) in [5, 5.41) is 0. The van der Waals surface area contributed by atoms with Crippen LogP contribution in [0, 0.1) is 6.85 Å². The second-order valence-electron chi connectivity index (χ2n) is 4.29. The fraction of sp³-hybridized carbons (Fsp3) is 0.353. The minimum absolute atomic E-state index is 0.186. The van der Waals surface area contributed by atoms with Gasteiger partial charge in [0.15, 0.2) is 0 Å². The zero-order valence-corrected chi connectivity index (χ0v) is 10.9. The third-order valence-electron chi connectivity index (χ3n) is 3.21. The van der Waals surface area contributed by atoms with Gasteiger partial charge >= 0.3 is 0 Å². The van der Waals surface area contributed by atoms with E-state index in [9.17, 15) is 0 Å². The molecule has 1 heterocycles. The molecular weight excluding hydrogens is 218 g/mol. The van der Waals surface area contributed by atoms with Crippen molar-refractivity contribution in [2.24, 2.45) is 0 Å². The van der Waals surface area contributed by atoms with Gasteiger partial charge in [-0.25, -0.2) is 0 Å². The molecule has 0 aliphatic heterocycles. The highest BCUT2D eigenvalue weighted by Crippen LogP contribution is 2.28. The molecule has 2 aromatic rings. The van der Waals surface area contributed by atoms with Crippen molar-refractivity contribution in [1.82, 2.24) is 4.98 Å². The number of hydrogen-bond donors (Lipinski definition) is 0. The molecule has 0 fully saturated rings. The van der Waals surface area contributed by atoms with Crippen LogP contribution in [0.15, 0.2) is 42.6 Å². The van der Waals surface area contributed by atoms with Crippen molar-refractivity contribution in [1.29, 1.82) is 0 Å². The zero-order valence-electron chi connectivity index (χ0n) is 14.9. The monoisotopic (exact) mass is 243 g/mol. The van der Waals surface area contributed by atoms with Crippen molar-refractivity contribution in [2.45, 2.75) is 39.4 Å². The normalized spacial score (nSPS) is 15.4. The Kier molecular flexibility index (Phi) is 2.73. The summed E-state index contributed by atoms with van der Waals surface area (Å²) in [6.45, 7) is 1.58. The van der Waals surface area contributed by atoms with E-state index in [0.717, 1.165) is 5.56 Å². The lowest BCUT2D eigenvalue weighted by Crippen LogP contribution is -2.00. The SMILES string of the molecule is [2H]C([2H])([2H])c1cnc(-c2ccccc2)cc1C([2H])(CC)CC. The van der Waals surface area contributed by atoms with Crippen LogP contribution in [0.1, 0.15) is 49.2 Å². The van der Waals surface area contributed by atoms with Gasteiger partial charge in [-0.15, -0.1) is 0 Å². The summed E-state index contributed by atoms with van der Waals surface area (Å²) in [7, 11) is 0. The van der Waals surface area contributed by atoms with E-state index in [0.29, 0.717) is 24.1 Å². The minimum atomic E-state index is -2.26. The summed E-state index contributed by atoms with van der Waals surface area (Å²) in [4.78, 5) is 4.31. The quantitative estimate of drug-likeness (QED) is 0.739. The van der Waals surface area contributed by atoms with Crippen molar-refractivity contribution < 1.29 is 5.48 Å². The maximum atomic E-state index is 8.66. The van der Waals surface area contributed by atoms with Crippen LogP contribution < -0.4 is 0 Å². The average molecular weight is 243 g/mol. The molecule has 0 aliphatic carbocycles. The first kappa shape index (κ1) is 8.47. The first-order valence-electron chi connectivity index (χ1n) is 8.38. The van der Waals surface area contributed by atoms with E-state index < -0.39 is 12.7 Å². The van der Waals surface area contributed by atoms with E-state index in [1.807, 2.05) is 44.2 Å². The fourth-order valence-corrected chi connectivity index (χ4v) is 2.15. The third-order valence-corrected chi connectivity index (χ3v) is 3.21. The summed E-state index contributed by atoms with van der Waals surface area (Å²) >= 11 is 0. The van der Waals surface area contributed by atoms with Crippen molar-refractivity contribution in [3.8, 4) is 11.3 Å². The van der Waals surface area contributed by atoms with Gasteiger partial charge in [0.25, 0.3) is 0 Å². The lowest BCUT2D eigenvalue weighted by atomic mass is 9.90. The van der Waals surface area contributed by atoms with Crippen LogP contribution >= 0.6 is 0 Å². The summed E-state index contributed by atoms with van der Waals surface area (Å²) in [5.41, 5.74) is 2.38. The third kappa shape index (κ3) is 2.61. The van der Waals surface area contributed by atoms with Crippen LogP contribution in [-0.4, -0.2) is 4.98 Å².